The van der Waals surface area contributed by atoms with Crippen molar-refractivity contribution in [1.29, 1.82) is 0 Å². The highest BCUT2D eigenvalue weighted by Gasteiger charge is 2.20. The minimum Gasteiger partial charge on any atom is -0.455 e. The van der Waals surface area contributed by atoms with Gasteiger partial charge in [0.25, 0.3) is 0 Å². The Balaban J connectivity index is 1.73. The molecule has 6 heteroatoms. The first-order valence-corrected chi connectivity index (χ1v) is 9.14. The van der Waals surface area contributed by atoms with Gasteiger partial charge in [-0.3, -0.25) is 4.57 Å². The second-order valence-corrected chi connectivity index (χ2v) is 6.76. The van der Waals surface area contributed by atoms with Gasteiger partial charge in [-0.25, -0.2) is 19.3 Å². The van der Waals surface area contributed by atoms with Gasteiger partial charge in [-0.05, 0) is 30.3 Å². The van der Waals surface area contributed by atoms with Crippen LogP contribution in [0, 0.1) is 5.82 Å². The average Bonchev–Trinajstić information content (AvgIpc) is 3.32. The Hall–Kier alpha value is -4.06. The van der Waals surface area contributed by atoms with Gasteiger partial charge < -0.3 is 4.42 Å². The molecule has 0 bridgehead atoms. The van der Waals surface area contributed by atoms with E-state index in [9.17, 15) is 4.39 Å². The Morgan fingerprint density at radius 3 is 2.69 bits per heavy atom. The highest BCUT2D eigenvalue weighted by Crippen LogP contribution is 2.37. The van der Waals surface area contributed by atoms with Crippen molar-refractivity contribution in [2.45, 2.75) is 0 Å². The summed E-state index contributed by atoms with van der Waals surface area (Å²) in [5.74, 6) is 0.363. The van der Waals surface area contributed by atoms with E-state index in [0.29, 0.717) is 22.6 Å². The number of hydrogen-bond acceptors (Lipinski definition) is 4. The van der Waals surface area contributed by atoms with E-state index < -0.39 is 0 Å². The molecule has 0 radical (unpaired) electrons. The van der Waals surface area contributed by atoms with Gasteiger partial charge in [0.15, 0.2) is 11.5 Å². The lowest BCUT2D eigenvalue weighted by Gasteiger charge is -2.09. The second-order valence-electron chi connectivity index (χ2n) is 6.76. The van der Waals surface area contributed by atoms with Crippen LogP contribution >= 0.6 is 0 Å². The molecule has 0 N–H and O–H groups in total. The molecule has 138 valence electrons. The van der Waals surface area contributed by atoms with Gasteiger partial charge in [0.1, 0.15) is 28.8 Å². The molecule has 0 amide bonds. The molecular weight excluding hydrogens is 367 g/mol. The minimum absolute atomic E-state index is 0.329. The number of hydrogen-bond donors (Lipinski definition) is 0. The zero-order valence-corrected chi connectivity index (χ0v) is 15.1. The molecule has 5 nitrogen and oxygen atoms in total. The maximum absolute atomic E-state index is 13.7. The van der Waals surface area contributed by atoms with Gasteiger partial charge in [0, 0.05) is 22.5 Å². The standard InChI is InChI=1S/C23H13FN4O/c24-14-9-10-16-17-7-4-8-18(21(17)29-20(16)11-14)23-27-22-19(12-25-13-26-22)28(23)15-5-2-1-3-6-15/h1-13H. The van der Waals surface area contributed by atoms with Crippen molar-refractivity contribution in [3.05, 3.63) is 85.1 Å². The van der Waals surface area contributed by atoms with Gasteiger partial charge in [0.05, 0.1) is 11.8 Å². The number of para-hydroxylation sites is 2. The molecule has 6 aromatic rings. The number of fused-ring (bicyclic) bond motifs is 4. The number of halogens is 1. The molecule has 6 rings (SSSR count). The average molecular weight is 380 g/mol. The van der Waals surface area contributed by atoms with E-state index in [0.717, 1.165) is 27.5 Å². The summed E-state index contributed by atoms with van der Waals surface area (Å²) >= 11 is 0. The lowest BCUT2D eigenvalue weighted by molar-refractivity contribution is 0.618. The first-order valence-electron chi connectivity index (χ1n) is 9.14. The smallest absolute Gasteiger partial charge is 0.181 e. The molecule has 0 aliphatic heterocycles. The van der Waals surface area contributed by atoms with Crippen LogP contribution in [0.4, 0.5) is 4.39 Å². The Kier molecular flexibility index (Phi) is 3.28. The number of furan rings is 1. The summed E-state index contributed by atoms with van der Waals surface area (Å²) in [7, 11) is 0. The predicted molar refractivity (Wildman–Crippen MR) is 109 cm³/mol. The van der Waals surface area contributed by atoms with E-state index in [1.165, 1.54) is 18.5 Å². The maximum Gasteiger partial charge on any atom is 0.181 e. The van der Waals surface area contributed by atoms with Crippen LogP contribution in [-0.4, -0.2) is 19.5 Å². The van der Waals surface area contributed by atoms with Gasteiger partial charge in [0.2, 0.25) is 0 Å². The Labute approximate surface area is 164 Å². The van der Waals surface area contributed by atoms with Crippen LogP contribution < -0.4 is 0 Å². The van der Waals surface area contributed by atoms with Crippen molar-refractivity contribution >= 4 is 33.1 Å². The molecule has 0 atom stereocenters. The molecule has 0 spiro atoms. The van der Waals surface area contributed by atoms with E-state index in [2.05, 4.69) is 9.97 Å². The molecule has 3 aromatic carbocycles. The zero-order chi connectivity index (χ0) is 19.4. The van der Waals surface area contributed by atoms with Crippen LogP contribution in [0.1, 0.15) is 0 Å². The molecule has 29 heavy (non-hydrogen) atoms. The van der Waals surface area contributed by atoms with E-state index in [4.69, 9.17) is 9.40 Å². The summed E-state index contributed by atoms with van der Waals surface area (Å²) < 4.78 is 21.8. The summed E-state index contributed by atoms with van der Waals surface area (Å²) in [5.41, 5.74) is 4.31. The SMILES string of the molecule is Fc1ccc2c(c1)oc1c(-c3nc4ncncc4n3-c3ccccc3)cccc12. The summed E-state index contributed by atoms with van der Waals surface area (Å²) in [5, 5.41) is 1.78. The summed E-state index contributed by atoms with van der Waals surface area (Å²) in [6.45, 7) is 0. The predicted octanol–water partition coefficient (Wildman–Crippen LogP) is 5.52. The number of nitrogens with zero attached hydrogens (tertiary/aromatic N) is 4. The maximum atomic E-state index is 13.7. The summed E-state index contributed by atoms with van der Waals surface area (Å²) in [4.78, 5) is 13.3. The van der Waals surface area contributed by atoms with E-state index in [-0.39, 0.29) is 5.82 Å². The second kappa shape index (κ2) is 5.97. The van der Waals surface area contributed by atoms with Crippen molar-refractivity contribution in [1.82, 2.24) is 19.5 Å². The lowest BCUT2D eigenvalue weighted by Crippen LogP contribution is -1.97. The number of aromatic nitrogens is 4. The quantitative estimate of drug-likeness (QED) is 0.397. The zero-order valence-electron chi connectivity index (χ0n) is 15.1. The van der Waals surface area contributed by atoms with Gasteiger partial charge in [-0.1, -0.05) is 30.3 Å². The minimum atomic E-state index is -0.329. The molecule has 0 aliphatic rings. The number of imidazole rings is 1. The fourth-order valence-electron chi connectivity index (χ4n) is 3.79. The Morgan fingerprint density at radius 2 is 1.79 bits per heavy atom. The van der Waals surface area contributed by atoms with Crippen LogP contribution in [0.15, 0.2) is 83.7 Å². The van der Waals surface area contributed by atoms with Crippen molar-refractivity contribution in [2.75, 3.05) is 0 Å². The topological polar surface area (TPSA) is 56.7 Å². The van der Waals surface area contributed by atoms with Gasteiger partial charge in [-0.2, -0.15) is 0 Å². The van der Waals surface area contributed by atoms with Crippen LogP contribution in [0.2, 0.25) is 0 Å². The fourth-order valence-corrected chi connectivity index (χ4v) is 3.79. The largest absolute Gasteiger partial charge is 0.455 e. The third-order valence-corrected chi connectivity index (χ3v) is 5.05. The molecule has 3 heterocycles. The summed E-state index contributed by atoms with van der Waals surface area (Å²) in [6, 6.07) is 20.4. The van der Waals surface area contributed by atoms with Crippen LogP contribution in [0.3, 0.4) is 0 Å². The molecular formula is C23H13FN4O. The monoisotopic (exact) mass is 380 g/mol. The van der Waals surface area contributed by atoms with E-state index in [1.54, 1.807) is 12.3 Å². The third-order valence-electron chi connectivity index (χ3n) is 5.05. The van der Waals surface area contributed by atoms with E-state index >= 15 is 0 Å². The van der Waals surface area contributed by atoms with Crippen LogP contribution in [0.25, 0.3) is 50.2 Å². The van der Waals surface area contributed by atoms with Crippen molar-refractivity contribution < 1.29 is 8.81 Å². The third kappa shape index (κ3) is 2.36. The normalized spacial score (nSPS) is 11.6. The molecule has 0 unspecified atom stereocenters. The molecule has 3 aromatic heterocycles. The highest BCUT2D eigenvalue weighted by molar-refractivity contribution is 6.09. The van der Waals surface area contributed by atoms with Gasteiger partial charge in [-0.15, -0.1) is 0 Å². The van der Waals surface area contributed by atoms with Gasteiger partial charge >= 0.3 is 0 Å². The first-order chi connectivity index (χ1) is 14.3. The molecule has 0 saturated heterocycles. The first kappa shape index (κ1) is 15.9. The molecule has 0 aliphatic carbocycles. The Morgan fingerprint density at radius 1 is 0.897 bits per heavy atom. The number of rotatable bonds is 2. The van der Waals surface area contributed by atoms with Crippen molar-refractivity contribution in [2.24, 2.45) is 0 Å². The molecule has 0 fully saturated rings. The number of benzene rings is 3. The Bertz CT molecular complexity index is 1520. The fraction of sp³-hybridized carbons (Fsp3) is 0. The highest BCUT2D eigenvalue weighted by atomic mass is 19.1. The van der Waals surface area contributed by atoms with E-state index in [1.807, 2.05) is 53.1 Å². The van der Waals surface area contributed by atoms with Crippen LogP contribution in [-0.2, 0) is 0 Å². The lowest BCUT2D eigenvalue weighted by atomic mass is 10.1. The van der Waals surface area contributed by atoms with Crippen molar-refractivity contribution in [3.8, 4) is 17.1 Å². The molecule has 0 saturated carbocycles. The van der Waals surface area contributed by atoms with Crippen LogP contribution in [0.5, 0.6) is 0 Å². The van der Waals surface area contributed by atoms with Crippen molar-refractivity contribution in [3.63, 3.8) is 0 Å². The summed E-state index contributed by atoms with van der Waals surface area (Å²) in [6.07, 6.45) is 3.24.